The van der Waals surface area contributed by atoms with Gasteiger partial charge in [-0.1, -0.05) is 6.07 Å². The Morgan fingerprint density at radius 3 is 1.45 bits per heavy atom. The third-order valence-corrected chi connectivity index (χ3v) is 4.45. The second-order valence-corrected chi connectivity index (χ2v) is 7.62. The maximum atomic E-state index is 12.8. The smallest absolute Gasteiger partial charge is 0.207 e. The lowest BCUT2D eigenvalue weighted by molar-refractivity contribution is 0.605. The van der Waals surface area contributed by atoms with Gasteiger partial charge in [0, 0.05) is 10.7 Å². The van der Waals surface area contributed by atoms with E-state index in [9.17, 15) is 17.2 Å². The zero-order valence-corrected chi connectivity index (χ0v) is 14.3. The second-order valence-electron chi connectivity index (χ2n) is 5.11. The Morgan fingerprint density at radius 2 is 1.14 bits per heavy atom. The van der Waals surface area contributed by atoms with Crippen LogP contribution in [-0.4, -0.2) is 8.42 Å². The van der Waals surface area contributed by atoms with Crippen LogP contribution in [0.5, 0.6) is 0 Å². The molecule has 0 saturated heterocycles. The minimum absolute atomic E-state index is 0.00410. The summed E-state index contributed by atoms with van der Waals surface area (Å²) in [5.74, 6) is -0.605. The first-order chi connectivity index (χ1) is 10.0. The Bertz CT molecular complexity index is 713. The molecule has 0 bridgehead atoms. The van der Waals surface area contributed by atoms with Crippen molar-refractivity contribution in [2.45, 2.75) is 32.6 Å². The molecule has 0 radical (unpaired) electrons. The average Bonchev–Trinajstić information content (AvgIpc) is 2.23. The maximum absolute atomic E-state index is 12.8. The van der Waals surface area contributed by atoms with E-state index in [4.69, 9.17) is 10.7 Å². The molecule has 0 saturated carbocycles. The van der Waals surface area contributed by atoms with Crippen LogP contribution in [0.2, 0.25) is 0 Å². The Kier molecular flexibility index (Phi) is 6.08. The van der Waals surface area contributed by atoms with E-state index >= 15 is 0 Å². The summed E-state index contributed by atoms with van der Waals surface area (Å²) in [6.07, 6.45) is 0. The normalized spacial score (nSPS) is 10.9. The first-order valence-electron chi connectivity index (χ1n) is 6.46. The molecule has 0 N–H and O–H groups in total. The molecule has 2 aromatic carbocycles. The predicted molar refractivity (Wildman–Crippen MR) is 84.8 cm³/mol. The SMILES string of the molecule is Cc1cc(C)cc(F)c1.Cc1cc(F)cc(C)c1S(=O)(=O)Cl. The zero-order chi connectivity index (χ0) is 17.1. The third kappa shape index (κ3) is 5.39. The van der Waals surface area contributed by atoms with Crippen LogP contribution in [0.15, 0.2) is 35.2 Å². The molecule has 0 atom stereocenters. The van der Waals surface area contributed by atoms with E-state index in [2.05, 4.69) is 0 Å². The summed E-state index contributed by atoms with van der Waals surface area (Å²) in [5, 5.41) is 0. The molecule has 22 heavy (non-hydrogen) atoms. The molecular formula is C16H17ClF2O2S. The van der Waals surface area contributed by atoms with Crippen molar-refractivity contribution in [2.24, 2.45) is 0 Å². The van der Waals surface area contributed by atoms with Gasteiger partial charge in [0.15, 0.2) is 0 Å². The van der Waals surface area contributed by atoms with Gasteiger partial charge in [0.2, 0.25) is 0 Å². The van der Waals surface area contributed by atoms with Crippen LogP contribution >= 0.6 is 10.7 Å². The molecule has 0 unspecified atom stereocenters. The molecule has 2 rings (SSSR count). The lowest BCUT2D eigenvalue weighted by Gasteiger charge is -2.05. The average molecular weight is 347 g/mol. The molecule has 0 aliphatic rings. The van der Waals surface area contributed by atoms with Gasteiger partial charge in [-0.05, 0) is 74.2 Å². The summed E-state index contributed by atoms with van der Waals surface area (Å²) in [6.45, 7) is 6.78. The van der Waals surface area contributed by atoms with Gasteiger partial charge in [0.05, 0.1) is 4.90 Å². The lowest BCUT2D eigenvalue weighted by atomic mass is 10.1. The minimum Gasteiger partial charge on any atom is -0.207 e. The largest absolute Gasteiger partial charge is 0.261 e. The van der Waals surface area contributed by atoms with Crippen LogP contribution in [0.4, 0.5) is 8.78 Å². The van der Waals surface area contributed by atoms with Crippen LogP contribution in [0.25, 0.3) is 0 Å². The summed E-state index contributed by atoms with van der Waals surface area (Å²) in [6, 6.07) is 7.27. The van der Waals surface area contributed by atoms with Crippen LogP contribution in [-0.2, 0) is 9.05 Å². The van der Waals surface area contributed by atoms with Gasteiger partial charge in [0.25, 0.3) is 9.05 Å². The molecule has 6 heteroatoms. The Hall–Kier alpha value is -1.46. The van der Waals surface area contributed by atoms with Gasteiger partial charge in [-0.2, -0.15) is 0 Å². The monoisotopic (exact) mass is 346 g/mol. The summed E-state index contributed by atoms with van der Waals surface area (Å²) in [4.78, 5) is -0.00410. The first-order valence-corrected chi connectivity index (χ1v) is 8.77. The van der Waals surface area contributed by atoms with Gasteiger partial charge in [-0.15, -0.1) is 0 Å². The van der Waals surface area contributed by atoms with Gasteiger partial charge in [-0.25, -0.2) is 17.2 Å². The molecule has 0 aromatic heterocycles. The van der Waals surface area contributed by atoms with Crippen LogP contribution in [0, 0.1) is 39.3 Å². The number of hydrogen-bond acceptors (Lipinski definition) is 2. The van der Waals surface area contributed by atoms with E-state index in [0.29, 0.717) is 11.1 Å². The van der Waals surface area contributed by atoms with Crippen molar-refractivity contribution in [3.8, 4) is 0 Å². The molecule has 0 aliphatic heterocycles. The highest BCUT2D eigenvalue weighted by Crippen LogP contribution is 2.24. The van der Waals surface area contributed by atoms with E-state index in [-0.39, 0.29) is 10.7 Å². The van der Waals surface area contributed by atoms with E-state index in [0.717, 1.165) is 23.3 Å². The fraction of sp³-hybridized carbons (Fsp3) is 0.250. The molecule has 120 valence electrons. The Labute approximate surface area is 134 Å². The van der Waals surface area contributed by atoms with E-state index in [1.165, 1.54) is 26.0 Å². The van der Waals surface area contributed by atoms with Gasteiger partial charge in [0.1, 0.15) is 11.6 Å². The van der Waals surface area contributed by atoms with Crippen LogP contribution in [0.3, 0.4) is 0 Å². The predicted octanol–water partition coefficient (Wildman–Crippen LogP) is 4.81. The van der Waals surface area contributed by atoms with Gasteiger partial charge in [-0.3, -0.25) is 0 Å². The highest BCUT2D eigenvalue weighted by Gasteiger charge is 2.17. The van der Waals surface area contributed by atoms with Gasteiger partial charge >= 0.3 is 0 Å². The summed E-state index contributed by atoms with van der Waals surface area (Å²) in [7, 11) is 1.40. The topological polar surface area (TPSA) is 34.1 Å². The summed E-state index contributed by atoms with van der Waals surface area (Å²) in [5.41, 5.74) is 2.61. The molecule has 0 fully saturated rings. The molecule has 2 nitrogen and oxygen atoms in total. The molecular weight excluding hydrogens is 330 g/mol. The number of rotatable bonds is 1. The van der Waals surface area contributed by atoms with E-state index in [1.54, 1.807) is 0 Å². The molecule has 0 amide bonds. The Morgan fingerprint density at radius 1 is 0.773 bits per heavy atom. The standard InChI is InChI=1S/C8H8ClFO2S.C8H9F/c1-5-3-7(10)4-6(2)8(5)13(9,11)12;1-6-3-7(2)5-8(9)4-6/h3-4H,1-2H3;3-5H,1-2H3. The van der Waals surface area contributed by atoms with E-state index < -0.39 is 14.9 Å². The second kappa shape index (κ2) is 7.20. The Balaban J connectivity index is 0.000000235. The van der Waals surface area contributed by atoms with E-state index in [1.807, 2.05) is 19.9 Å². The number of halogens is 3. The molecule has 2 aromatic rings. The lowest BCUT2D eigenvalue weighted by Crippen LogP contribution is -1.99. The number of hydrogen-bond donors (Lipinski definition) is 0. The molecule has 0 spiro atoms. The van der Waals surface area contributed by atoms with Crippen molar-refractivity contribution in [3.05, 3.63) is 64.2 Å². The van der Waals surface area contributed by atoms with Crippen molar-refractivity contribution in [2.75, 3.05) is 0 Å². The summed E-state index contributed by atoms with van der Waals surface area (Å²) < 4.78 is 47.2. The van der Waals surface area contributed by atoms with Crippen molar-refractivity contribution in [3.63, 3.8) is 0 Å². The number of benzene rings is 2. The molecule has 0 heterocycles. The quantitative estimate of drug-likeness (QED) is 0.694. The third-order valence-electron chi connectivity index (χ3n) is 2.86. The van der Waals surface area contributed by atoms with Gasteiger partial charge < -0.3 is 0 Å². The highest BCUT2D eigenvalue weighted by atomic mass is 35.7. The molecule has 0 aliphatic carbocycles. The maximum Gasteiger partial charge on any atom is 0.261 e. The van der Waals surface area contributed by atoms with Crippen LogP contribution in [0.1, 0.15) is 22.3 Å². The van der Waals surface area contributed by atoms with Crippen molar-refractivity contribution >= 4 is 19.7 Å². The van der Waals surface area contributed by atoms with Crippen molar-refractivity contribution in [1.29, 1.82) is 0 Å². The highest BCUT2D eigenvalue weighted by molar-refractivity contribution is 8.13. The van der Waals surface area contributed by atoms with Crippen molar-refractivity contribution < 1.29 is 17.2 Å². The number of aryl methyl sites for hydroxylation is 4. The first kappa shape index (κ1) is 18.6. The summed E-state index contributed by atoms with van der Waals surface area (Å²) >= 11 is 0. The zero-order valence-electron chi connectivity index (χ0n) is 12.7. The van der Waals surface area contributed by atoms with Crippen molar-refractivity contribution in [1.82, 2.24) is 0 Å². The fourth-order valence-electron chi connectivity index (χ4n) is 2.20. The fourth-order valence-corrected chi connectivity index (χ4v) is 3.82. The van der Waals surface area contributed by atoms with Crippen LogP contribution < -0.4 is 0 Å². The minimum atomic E-state index is -3.78.